The Morgan fingerprint density at radius 1 is 1.41 bits per heavy atom. The summed E-state index contributed by atoms with van der Waals surface area (Å²) < 4.78 is 0. The van der Waals surface area contributed by atoms with E-state index in [9.17, 15) is 0 Å². The lowest BCUT2D eigenvalue weighted by Crippen LogP contribution is -2.32. The van der Waals surface area contributed by atoms with E-state index in [1.807, 2.05) is 6.20 Å². The minimum Gasteiger partial charge on any atom is -0.371 e. The van der Waals surface area contributed by atoms with Crippen molar-refractivity contribution in [3.63, 3.8) is 0 Å². The lowest BCUT2D eigenvalue weighted by atomic mass is 9.85. The smallest absolute Gasteiger partial charge is 0.127 e. The molecule has 3 nitrogen and oxygen atoms in total. The van der Waals surface area contributed by atoms with Crippen LogP contribution in [-0.2, 0) is 0 Å². The lowest BCUT2D eigenvalue weighted by Gasteiger charge is -2.33. The van der Waals surface area contributed by atoms with Gasteiger partial charge in [-0.05, 0) is 38.7 Å². The Morgan fingerprint density at radius 3 is 2.82 bits per heavy atom. The predicted molar refractivity (Wildman–Crippen MR) is 73.6 cm³/mol. The van der Waals surface area contributed by atoms with Crippen molar-refractivity contribution in [1.29, 1.82) is 0 Å². The molecular weight excluding hydrogens is 210 g/mol. The van der Waals surface area contributed by atoms with Gasteiger partial charge < -0.3 is 10.2 Å². The molecule has 1 aliphatic carbocycles. The molecule has 0 spiro atoms. The van der Waals surface area contributed by atoms with Crippen LogP contribution in [0.4, 0.5) is 11.5 Å². The number of nitrogens with one attached hydrogen (secondary N) is 1. The third kappa shape index (κ3) is 3.11. The SMILES string of the molecule is CCNc1cc(N(CC)CC2CCC2)ccn1. The van der Waals surface area contributed by atoms with E-state index in [1.165, 1.54) is 31.5 Å². The maximum atomic E-state index is 4.32. The molecule has 0 atom stereocenters. The Bertz CT molecular complexity index is 347. The van der Waals surface area contributed by atoms with Crippen molar-refractivity contribution in [2.45, 2.75) is 33.1 Å². The van der Waals surface area contributed by atoms with E-state index < -0.39 is 0 Å². The molecule has 1 aliphatic rings. The molecule has 0 amide bonds. The molecule has 1 N–H and O–H groups in total. The highest BCUT2D eigenvalue weighted by Gasteiger charge is 2.20. The van der Waals surface area contributed by atoms with Gasteiger partial charge in [-0.2, -0.15) is 0 Å². The number of rotatable bonds is 6. The molecule has 1 aromatic heterocycles. The minimum atomic E-state index is 0.908. The zero-order valence-electron chi connectivity index (χ0n) is 10.9. The van der Waals surface area contributed by atoms with Crippen molar-refractivity contribution in [2.75, 3.05) is 29.9 Å². The average molecular weight is 233 g/mol. The van der Waals surface area contributed by atoms with Crippen LogP contribution in [0.15, 0.2) is 18.3 Å². The summed E-state index contributed by atoms with van der Waals surface area (Å²) in [4.78, 5) is 6.79. The van der Waals surface area contributed by atoms with Gasteiger partial charge in [0, 0.05) is 37.6 Å². The fourth-order valence-corrected chi connectivity index (χ4v) is 2.30. The van der Waals surface area contributed by atoms with Crippen LogP contribution in [0.2, 0.25) is 0 Å². The molecule has 0 aromatic carbocycles. The highest BCUT2D eigenvalue weighted by molar-refractivity contribution is 5.53. The quantitative estimate of drug-likeness (QED) is 0.818. The Labute approximate surface area is 104 Å². The van der Waals surface area contributed by atoms with Crippen molar-refractivity contribution >= 4 is 11.5 Å². The van der Waals surface area contributed by atoms with Gasteiger partial charge in [0.05, 0.1) is 0 Å². The maximum absolute atomic E-state index is 4.32. The topological polar surface area (TPSA) is 28.2 Å². The lowest BCUT2D eigenvalue weighted by molar-refractivity contribution is 0.318. The highest BCUT2D eigenvalue weighted by atomic mass is 15.1. The third-order valence-electron chi connectivity index (χ3n) is 3.55. The van der Waals surface area contributed by atoms with Crippen LogP contribution in [0, 0.1) is 5.92 Å². The second-order valence-corrected chi connectivity index (χ2v) is 4.77. The molecule has 0 unspecified atom stereocenters. The van der Waals surface area contributed by atoms with Crippen molar-refractivity contribution in [3.05, 3.63) is 18.3 Å². The number of nitrogens with zero attached hydrogens (tertiary/aromatic N) is 2. The summed E-state index contributed by atoms with van der Waals surface area (Å²) in [6.45, 7) is 7.52. The fourth-order valence-electron chi connectivity index (χ4n) is 2.30. The number of pyridine rings is 1. The van der Waals surface area contributed by atoms with Crippen LogP contribution in [-0.4, -0.2) is 24.6 Å². The number of aromatic nitrogens is 1. The molecule has 1 heterocycles. The monoisotopic (exact) mass is 233 g/mol. The van der Waals surface area contributed by atoms with Gasteiger partial charge >= 0.3 is 0 Å². The molecule has 0 saturated heterocycles. The van der Waals surface area contributed by atoms with E-state index in [2.05, 4.69) is 41.2 Å². The summed E-state index contributed by atoms with van der Waals surface area (Å²) in [7, 11) is 0. The molecule has 0 aliphatic heterocycles. The standard InChI is InChI=1S/C14H23N3/c1-3-15-14-10-13(8-9-16-14)17(4-2)11-12-6-5-7-12/h8-10,12H,3-7,11H2,1-2H3,(H,15,16). The van der Waals surface area contributed by atoms with Gasteiger partial charge in [-0.3, -0.25) is 0 Å². The summed E-state index contributed by atoms with van der Waals surface area (Å²) in [6.07, 6.45) is 6.13. The van der Waals surface area contributed by atoms with Crippen molar-refractivity contribution in [1.82, 2.24) is 4.98 Å². The van der Waals surface area contributed by atoms with Crippen LogP contribution < -0.4 is 10.2 Å². The highest BCUT2D eigenvalue weighted by Crippen LogP contribution is 2.29. The second-order valence-electron chi connectivity index (χ2n) is 4.77. The van der Waals surface area contributed by atoms with E-state index in [-0.39, 0.29) is 0 Å². The van der Waals surface area contributed by atoms with Gasteiger partial charge in [-0.1, -0.05) is 6.42 Å². The number of hydrogen-bond acceptors (Lipinski definition) is 3. The summed E-state index contributed by atoms with van der Waals surface area (Å²) >= 11 is 0. The van der Waals surface area contributed by atoms with E-state index in [4.69, 9.17) is 0 Å². The Kier molecular flexibility index (Phi) is 4.24. The summed E-state index contributed by atoms with van der Waals surface area (Å²) in [5, 5.41) is 3.27. The first-order valence-electron chi connectivity index (χ1n) is 6.78. The van der Waals surface area contributed by atoms with E-state index in [1.54, 1.807) is 0 Å². The van der Waals surface area contributed by atoms with E-state index in [0.29, 0.717) is 0 Å². The first-order valence-corrected chi connectivity index (χ1v) is 6.78. The van der Waals surface area contributed by atoms with Crippen molar-refractivity contribution < 1.29 is 0 Å². The molecule has 0 bridgehead atoms. The van der Waals surface area contributed by atoms with Gasteiger partial charge in [0.1, 0.15) is 5.82 Å². The molecule has 1 fully saturated rings. The van der Waals surface area contributed by atoms with E-state index >= 15 is 0 Å². The summed E-state index contributed by atoms with van der Waals surface area (Å²) in [5.74, 6) is 1.89. The number of anilines is 2. The summed E-state index contributed by atoms with van der Waals surface area (Å²) in [6, 6.07) is 4.27. The third-order valence-corrected chi connectivity index (χ3v) is 3.55. The summed E-state index contributed by atoms with van der Waals surface area (Å²) in [5.41, 5.74) is 1.30. The number of hydrogen-bond donors (Lipinski definition) is 1. The van der Waals surface area contributed by atoms with Gasteiger partial charge in [0.2, 0.25) is 0 Å². The van der Waals surface area contributed by atoms with Crippen LogP contribution in [0.3, 0.4) is 0 Å². The van der Waals surface area contributed by atoms with Crippen molar-refractivity contribution in [2.24, 2.45) is 5.92 Å². The van der Waals surface area contributed by atoms with Gasteiger partial charge in [-0.15, -0.1) is 0 Å². The molecule has 17 heavy (non-hydrogen) atoms. The molecular formula is C14H23N3. The molecule has 94 valence electrons. The first kappa shape index (κ1) is 12.2. The Morgan fingerprint density at radius 2 is 2.24 bits per heavy atom. The van der Waals surface area contributed by atoms with Crippen LogP contribution >= 0.6 is 0 Å². The Hall–Kier alpha value is -1.25. The van der Waals surface area contributed by atoms with Crippen LogP contribution in [0.25, 0.3) is 0 Å². The zero-order valence-corrected chi connectivity index (χ0v) is 10.9. The fraction of sp³-hybridized carbons (Fsp3) is 0.643. The van der Waals surface area contributed by atoms with Crippen LogP contribution in [0.5, 0.6) is 0 Å². The molecule has 1 aromatic rings. The van der Waals surface area contributed by atoms with Gasteiger partial charge in [0.15, 0.2) is 0 Å². The second kappa shape index (κ2) is 5.89. The Balaban J connectivity index is 2.03. The minimum absolute atomic E-state index is 0.908. The van der Waals surface area contributed by atoms with Crippen molar-refractivity contribution in [3.8, 4) is 0 Å². The normalized spacial score (nSPS) is 15.4. The average Bonchev–Trinajstić information content (AvgIpc) is 2.29. The predicted octanol–water partition coefficient (Wildman–Crippen LogP) is 3.14. The van der Waals surface area contributed by atoms with Crippen LogP contribution in [0.1, 0.15) is 33.1 Å². The largest absolute Gasteiger partial charge is 0.371 e. The molecule has 3 heteroatoms. The van der Waals surface area contributed by atoms with Gasteiger partial charge in [0.25, 0.3) is 0 Å². The molecule has 1 saturated carbocycles. The van der Waals surface area contributed by atoms with E-state index in [0.717, 1.165) is 24.8 Å². The zero-order chi connectivity index (χ0) is 12.1. The maximum Gasteiger partial charge on any atom is 0.127 e. The first-order chi connectivity index (χ1) is 8.33. The molecule has 2 rings (SSSR count). The van der Waals surface area contributed by atoms with Gasteiger partial charge in [-0.25, -0.2) is 4.98 Å². The molecule has 0 radical (unpaired) electrons.